The molecule has 16 heavy (non-hydrogen) atoms. The molecule has 0 aliphatic carbocycles. The number of benzene rings is 1. The SMILES string of the molecule is CC(C)C(C(=O)N(C)C)c1ccc(F)cc1. The molecular formula is C13H18FNO. The summed E-state index contributed by atoms with van der Waals surface area (Å²) >= 11 is 0. The van der Waals surface area contributed by atoms with Crippen molar-refractivity contribution in [3.63, 3.8) is 0 Å². The number of carbonyl (C=O) groups excluding carboxylic acids is 1. The molecule has 1 aromatic carbocycles. The summed E-state index contributed by atoms with van der Waals surface area (Å²) in [6, 6.07) is 6.16. The van der Waals surface area contributed by atoms with Crippen LogP contribution in [0.1, 0.15) is 25.3 Å². The highest BCUT2D eigenvalue weighted by Crippen LogP contribution is 2.26. The molecule has 1 amide bonds. The molecule has 0 aliphatic heterocycles. The summed E-state index contributed by atoms with van der Waals surface area (Å²) in [6.07, 6.45) is 0. The molecule has 1 unspecified atom stereocenters. The van der Waals surface area contributed by atoms with E-state index in [1.54, 1.807) is 31.1 Å². The topological polar surface area (TPSA) is 20.3 Å². The normalized spacial score (nSPS) is 12.6. The fourth-order valence-corrected chi connectivity index (χ4v) is 1.76. The Balaban J connectivity index is 3.03. The van der Waals surface area contributed by atoms with Gasteiger partial charge in [0.05, 0.1) is 5.92 Å². The molecule has 88 valence electrons. The second-order valence-corrected chi connectivity index (χ2v) is 4.51. The van der Waals surface area contributed by atoms with E-state index in [9.17, 15) is 9.18 Å². The highest BCUT2D eigenvalue weighted by molar-refractivity contribution is 5.83. The number of amides is 1. The number of carbonyl (C=O) groups is 1. The van der Waals surface area contributed by atoms with Gasteiger partial charge in [0.25, 0.3) is 0 Å². The van der Waals surface area contributed by atoms with Crippen LogP contribution >= 0.6 is 0 Å². The van der Waals surface area contributed by atoms with E-state index in [1.807, 2.05) is 13.8 Å². The molecule has 1 rings (SSSR count). The van der Waals surface area contributed by atoms with Crippen LogP contribution in [0.4, 0.5) is 4.39 Å². The lowest BCUT2D eigenvalue weighted by Crippen LogP contribution is -2.31. The Labute approximate surface area is 96.1 Å². The van der Waals surface area contributed by atoms with Gasteiger partial charge in [0.2, 0.25) is 5.91 Å². The molecular weight excluding hydrogens is 205 g/mol. The zero-order chi connectivity index (χ0) is 12.3. The van der Waals surface area contributed by atoms with Crippen LogP contribution in [0.2, 0.25) is 0 Å². The van der Waals surface area contributed by atoms with Gasteiger partial charge in [-0.25, -0.2) is 4.39 Å². The van der Waals surface area contributed by atoms with Crippen LogP contribution < -0.4 is 0 Å². The third kappa shape index (κ3) is 2.81. The monoisotopic (exact) mass is 223 g/mol. The number of hydrogen-bond acceptors (Lipinski definition) is 1. The predicted molar refractivity (Wildman–Crippen MR) is 62.7 cm³/mol. The van der Waals surface area contributed by atoms with Gasteiger partial charge in [-0.05, 0) is 23.6 Å². The van der Waals surface area contributed by atoms with Crippen LogP contribution in [0.5, 0.6) is 0 Å². The van der Waals surface area contributed by atoms with Crippen LogP contribution in [0, 0.1) is 11.7 Å². The first kappa shape index (κ1) is 12.7. The summed E-state index contributed by atoms with van der Waals surface area (Å²) in [5, 5.41) is 0. The Morgan fingerprint density at radius 2 is 1.69 bits per heavy atom. The summed E-state index contributed by atoms with van der Waals surface area (Å²) in [5.74, 6) is -0.221. The van der Waals surface area contributed by atoms with Gasteiger partial charge in [0, 0.05) is 14.1 Å². The molecule has 0 N–H and O–H groups in total. The number of halogens is 1. The molecule has 0 fully saturated rings. The Bertz CT molecular complexity index is 357. The van der Waals surface area contributed by atoms with Gasteiger partial charge in [0.15, 0.2) is 0 Å². The molecule has 0 aromatic heterocycles. The fourth-order valence-electron chi connectivity index (χ4n) is 1.76. The quantitative estimate of drug-likeness (QED) is 0.771. The van der Waals surface area contributed by atoms with Gasteiger partial charge < -0.3 is 4.90 Å². The summed E-state index contributed by atoms with van der Waals surface area (Å²) in [6.45, 7) is 3.99. The van der Waals surface area contributed by atoms with Crippen LogP contribution in [0.15, 0.2) is 24.3 Å². The minimum Gasteiger partial charge on any atom is -0.348 e. The zero-order valence-corrected chi connectivity index (χ0v) is 10.2. The smallest absolute Gasteiger partial charge is 0.229 e. The van der Waals surface area contributed by atoms with Crippen LogP contribution in [-0.2, 0) is 4.79 Å². The van der Waals surface area contributed by atoms with Crippen molar-refractivity contribution < 1.29 is 9.18 Å². The van der Waals surface area contributed by atoms with Gasteiger partial charge in [-0.15, -0.1) is 0 Å². The highest BCUT2D eigenvalue weighted by Gasteiger charge is 2.25. The van der Waals surface area contributed by atoms with E-state index in [4.69, 9.17) is 0 Å². The first-order valence-corrected chi connectivity index (χ1v) is 5.40. The number of likely N-dealkylation sites (N-methyl/N-ethyl adjacent to an activating group) is 1. The maximum atomic E-state index is 12.8. The molecule has 0 heterocycles. The first-order chi connectivity index (χ1) is 7.43. The van der Waals surface area contributed by atoms with Crippen molar-refractivity contribution in [3.05, 3.63) is 35.6 Å². The van der Waals surface area contributed by atoms with Crippen molar-refractivity contribution >= 4 is 5.91 Å². The van der Waals surface area contributed by atoms with Crippen molar-refractivity contribution in [3.8, 4) is 0 Å². The summed E-state index contributed by atoms with van der Waals surface area (Å²) in [7, 11) is 3.47. The van der Waals surface area contributed by atoms with E-state index in [0.717, 1.165) is 5.56 Å². The summed E-state index contributed by atoms with van der Waals surface area (Å²) in [4.78, 5) is 13.6. The molecule has 0 spiro atoms. The average Bonchev–Trinajstić information content (AvgIpc) is 2.20. The van der Waals surface area contributed by atoms with Crippen LogP contribution in [0.25, 0.3) is 0 Å². The molecule has 0 radical (unpaired) electrons. The van der Waals surface area contributed by atoms with E-state index in [1.165, 1.54) is 12.1 Å². The largest absolute Gasteiger partial charge is 0.348 e. The lowest BCUT2D eigenvalue weighted by molar-refractivity contribution is -0.131. The Kier molecular flexibility index (Phi) is 4.05. The van der Waals surface area contributed by atoms with E-state index in [2.05, 4.69) is 0 Å². The first-order valence-electron chi connectivity index (χ1n) is 5.40. The Morgan fingerprint density at radius 1 is 1.19 bits per heavy atom. The maximum Gasteiger partial charge on any atom is 0.229 e. The number of hydrogen-bond donors (Lipinski definition) is 0. The maximum absolute atomic E-state index is 12.8. The zero-order valence-electron chi connectivity index (χ0n) is 10.2. The number of nitrogens with zero attached hydrogens (tertiary/aromatic N) is 1. The molecule has 1 atom stereocenters. The highest BCUT2D eigenvalue weighted by atomic mass is 19.1. The third-order valence-corrected chi connectivity index (χ3v) is 2.60. The van der Waals surface area contributed by atoms with Gasteiger partial charge >= 0.3 is 0 Å². The van der Waals surface area contributed by atoms with E-state index < -0.39 is 0 Å². The van der Waals surface area contributed by atoms with Crippen molar-refractivity contribution in [1.29, 1.82) is 0 Å². The lowest BCUT2D eigenvalue weighted by Gasteiger charge is -2.24. The van der Waals surface area contributed by atoms with E-state index >= 15 is 0 Å². The average molecular weight is 223 g/mol. The van der Waals surface area contributed by atoms with Crippen LogP contribution in [-0.4, -0.2) is 24.9 Å². The van der Waals surface area contributed by atoms with Gasteiger partial charge in [-0.2, -0.15) is 0 Å². The van der Waals surface area contributed by atoms with Gasteiger partial charge in [0.1, 0.15) is 5.82 Å². The van der Waals surface area contributed by atoms with Crippen molar-refractivity contribution in [2.24, 2.45) is 5.92 Å². The predicted octanol–water partition coefficient (Wildman–Crippen LogP) is 2.65. The van der Waals surface area contributed by atoms with Gasteiger partial charge in [-0.3, -0.25) is 4.79 Å². The lowest BCUT2D eigenvalue weighted by atomic mass is 9.87. The molecule has 0 saturated carbocycles. The standard InChI is InChI=1S/C13H18FNO/c1-9(2)12(13(16)15(3)4)10-5-7-11(14)8-6-10/h5-9,12H,1-4H3. The second kappa shape index (κ2) is 5.10. The molecule has 2 nitrogen and oxygen atoms in total. The number of rotatable bonds is 3. The molecule has 1 aromatic rings. The van der Waals surface area contributed by atoms with Crippen LogP contribution in [0.3, 0.4) is 0 Å². The van der Waals surface area contributed by atoms with Crippen molar-refractivity contribution in [2.45, 2.75) is 19.8 Å². The van der Waals surface area contributed by atoms with Crippen molar-refractivity contribution in [2.75, 3.05) is 14.1 Å². The van der Waals surface area contributed by atoms with Gasteiger partial charge in [-0.1, -0.05) is 26.0 Å². The fraction of sp³-hybridized carbons (Fsp3) is 0.462. The molecule has 0 aliphatic rings. The summed E-state index contributed by atoms with van der Waals surface area (Å²) < 4.78 is 12.8. The molecule has 0 saturated heterocycles. The molecule has 3 heteroatoms. The minimum absolute atomic E-state index is 0.0570. The van der Waals surface area contributed by atoms with Crippen molar-refractivity contribution in [1.82, 2.24) is 4.90 Å². The Hall–Kier alpha value is -1.38. The molecule has 0 bridgehead atoms. The Morgan fingerprint density at radius 3 is 2.06 bits per heavy atom. The minimum atomic E-state index is -0.274. The second-order valence-electron chi connectivity index (χ2n) is 4.51. The van der Waals surface area contributed by atoms with E-state index in [-0.39, 0.29) is 23.6 Å². The third-order valence-electron chi connectivity index (χ3n) is 2.60. The summed E-state index contributed by atoms with van der Waals surface area (Å²) in [5.41, 5.74) is 0.870. The van der Waals surface area contributed by atoms with E-state index in [0.29, 0.717) is 0 Å².